The molecule has 0 aliphatic carbocycles. The number of rotatable bonds is 8. The second-order valence-corrected chi connectivity index (χ2v) is 7.23. The summed E-state index contributed by atoms with van der Waals surface area (Å²) in [4.78, 5) is 18.9. The lowest BCUT2D eigenvalue weighted by Crippen LogP contribution is -2.26. The van der Waals surface area contributed by atoms with E-state index < -0.39 is 0 Å². The Morgan fingerprint density at radius 3 is 2.52 bits per heavy atom. The fourth-order valence-electron chi connectivity index (χ4n) is 3.07. The van der Waals surface area contributed by atoms with Gasteiger partial charge < -0.3 is 14.4 Å². The number of hydrogen-bond donors (Lipinski definition) is 0. The highest BCUT2D eigenvalue weighted by Gasteiger charge is 2.20. The van der Waals surface area contributed by atoms with Gasteiger partial charge in [-0.15, -0.1) is 10.2 Å². The van der Waals surface area contributed by atoms with Crippen LogP contribution in [0, 0.1) is 0 Å². The summed E-state index contributed by atoms with van der Waals surface area (Å²) in [7, 11) is 3.25. The molecule has 4 aromatic rings. The molecule has 0 radical (unpaired) electrons. The average Bonchev–Trinajstić information content (AvgIpc) is 3.33. The van der Waals surface area contributed by atoms with Crippen LogP contribution in [0.5, 0.6) is 11.6 Å². The number of methoxy groups -OCH3 is 1. The lowest BCUT2D eigenvalue weighted by Gasteiger charge is -2.11. The van der Waals surface area contributed by atoms with Crippen LogP contribution in [0.15, 0.2) is 66.9 Å². The Labute approximate surface area is 191 Å². The normalized spacial score (nSPS) is 10.6. The molecule has 33 heavy (non-hydrogen) atoms. The average molecular weight is 444 g/mol. The van der Waals surface area contributed by atoms with Crippen LogP contribution in [0.1, 0.15) is 23.0 Å². The summed E-state index contributed by atoms with van der Waals surface area (Å²) in [5.41, 5.74) is 2.58. The number of nitrogens with zero attached hydrogens (tertiary/aromatic N) is 6. The van der Waals surface area contributed by atoms with Gasteiger partial charge in [0, 0.05) is 19.7 Å². The number of aromatic nitrogens is 5. The first kappa shape index (κ1) is 21.9. The molecule has 9 nitrogen and oxygen atoms in total. The largest absolute Gasteiger partial charge is 0.487 e. The summed E-state index contributed by atoms with van der Waals surface area (Å²) < 4.78 is 12.5. The molecule has 0 saturated carbocycles. The van der Waals surface area contributed by atoms with Crippen LogP contribution in [0.2, 0.25) is 0 Å². The Morgan fingerprint density at radius 2 is 1.88 bits per heavy atom. The third-order valence-electron chi connectivity index (χ3n) is 5.05. The first-order valence-electron chi connectivity index (χ1n) is 10.5. The van der Waals surface area contributed by atoms with Gasteiger partial charge in [0.15, 0.2) is 11.5 Å². The van der Waals surface area contributed by atoms with Crippen LogP contribution in [0.4, 0.5) is 0 Å². The highest BCUT2D eigenvalue weighted by Crippen LogP contribution is 2.24. The van der Waals surface area contributed by atoms with Crippen molar-refractivity contribution in [3.05, 3.63) is 78.1 Å². The van der Waals surface area contributed by atoms with Gasteiger partial charge in [-0.2, -0.15) is 5.10 Å². The highest BCUT2D eigenvalue weighted by molar-refractivity contribution is 5.93. The second kappa shape index (κ2) is 9.90. The van der Waals surface area contributed by atoms with E-state index in [4.69, 9.17) is 9.47 Å². The molecule has 1 aromatic carbocycles. The van der Waals surface area contributed by atoms with E-state index in [1.54, 1.807) is 41.0 Å². The fourth-order valence-corrected chi connectivity index (χ4v) is 3.07. The Balaban J connectivity index is 1.64. The van der Waals surface area contributed by atoms with E-state index in [1.807, 2.05) is 49.4 Å². The molecule has 9 heteroatoms. The van der Waals surface area contributed by atoms with Crippen molar-refractivity contribution in [1.29, 1.82) is 0 Å². The molecule has 0 spiro atoms. The molecule has 4 rings (SSSR count). The van der Waals surface area contributed by atoms with E-state index in [1.165, 1.54) is 7.11 Å². The Kier molecular flexibility index (Phi) is 6.58. The Morgan fingerprint density at radius 1 is 1.06 bits per heavy atom. The van der Waals surface area contributed by atoms with Crippen LogP contribution in [0.3, 0.4) is 0 Å². The van der Waals surface area contributed by atoms with Gasteiger partial charge in [0.25, 0.3) is 5.91 Å². The zero-order valence-electron chi connectivity index (χ0n) is 18.7. The van der Waals surface area contributed by atoms with Crippen molar-refractivity contribution in [3.63, 3.8) is 0 Å². The number of pyridine rings is 1. The van der Waals surface area contributed by atoms with Crippen LogP contribution >= 0.6 is 0 Å². The maximum Gasteiger partial charge on any atom is 0.274 e. The Hall–Kier alpha value is -4.27. The smallest absolute Gasteiger partial charge is 0.274 e. The number of benzene rings is 1. The minimum atomic E-state index is -0.193. The van der Waals surface area contributed by atoms with E-state index in [9.17, 15) is 4.79 Å². The topological polar surface area (TPSA) is 95.3 Å². The molecule has 3 aromatic heterocycles. The van der Waals surface area contributed by atoms with Gasteiger partial charge in [0.1, 0.15) is 12.4 Å². The monoisotopic (exact) mass is 444 g/mol. The summed E-state index contributed by atoms with van der Waals surface area (Å²) in [6.45, 7) is 2.92. The molecule has 3 heterocycles. The van der Waals surface area contributed by atoms with Crippen LogP contribution in [-0.2, 0) is 6.61 Å². The molecule has 0 saturated heterocycles. The van der Waals surface area contributed by atoms with Crippen LogP contribution in [-0.4, -0.2) is 56.5 Å². The minimum absolute atomic E-state index is 0.193. The molecule has 0 aliphatic rings. The van der Waals surface area contributed by atoms with E-state index >= 15 is 0 Å². The van der Waals surface area contributed by atoms with Crippen molar-refractivity contribution in [2.45, 2.75) is 13.5 Å². The van der Waals surface area contributed by atoms with Crippen molar-refractivity contribution < 1.29 is 14.3 Å². The van der Waals surface area contributed by atoms with E-state index in [0.29, 0.717) is 42.0 Å². The van der Waals surface area contributed by atoms with Gasteiger partial charge in [0.05, 0.1) is 24.7 Å². The van der Waals surface area contributed by atoms with Crippen molar-refractivity contribution in [3.8, 4) is 28.8 Å². The molecule has 0 atom stereocenters. The minimum Gasteiger partial charge on any atom is -0.487 e. The number of amides is 1. The molecule has 1 amide bonds. The van der Waals surface area contributed by atoms with Crippen molar-refractivity contribution >= 4 is 5.91 Å². The number of ether oxygens (including phenoxy) is 2. The van der Waals surface area contributed by atoms with E-state index in [-0.39, 0.29) is 11.6 Å². The third kappa shape index (κ3) is 4.98. The summed E-state index contributed by atoms with van der Waals surface area (Å²) >= 11 is 0. The lowest BCUT2D eigenvalue weighted by molar-refractivity contribution is 0.0796. The SMILES string of the molecule is CCN(C)C(=O)c1cc(-c2ccc(OCc3ccccc3)cn2)n(-c2ccc(OC)nn2)n1. The number of hydrogen-bond acceptors (Lipinski definition) is 7. The molecular formula is C24H24N6O3. The highest BCUT2D eigenvalue weighted by atomic mass is 16.5. The Bertz CT molecular complexity index is 1210. The van der Waals surface area contributed by atoms with Crippen molar-refractivity contribution in [2.75, 3.05) is 20.7 Å². The van der Waals surface area contributed by atoms with E-state index in [2.05, 4.69) is 20.3 Å². The first-order chi connectivity index (χ1) is 16.1. The van der Waals surface area contributed by atoms with Crippen LogP contribution in [0.25, 0.3) is 17.2 Å². The number of carbonyl (C=O) groups is 1. The van der Waals surface area contributed by atoms with Gasteiger partial charge >= 0.3 is 0 Å². The van der Waals surface area contributed by atoms with Crippen LogP contribution < -0.4 is 9.47 Å². The zero-order chi connectivity index (χ0) is 23.2. The van der Waals surface area contributed by atoms with E-state index in [0.717, 1.165) is 5.56 Å². The molecule has 0 fully saturated rings. The first-order valence-corrected chi connectivity index (χ1v) is 10.5. The maximum absolute atomic E-state index is 12.7. The van der Waals surface area contributed by atoms with Gasteiger partial charge in [-0.3, -0.25) is 9.78 Å². The summed E-state index contributed by atoms with van der Waals surface area (Å²) in [6.07, 6.45) is 1.65. The molecule has 0 bridgehead atoms. The van der Waals surface area contributed by atoms with Gasteiger partial charge in [-0.1, -0.05) is 30.3 Å². The predicted molar refractivity (Wildman–Crippen MR) is 122 cm³/mol. The van der Waals surface area contributed by atoms with Crippen molar-refractivity contribution in [2.24, 2.45) is 0 Å². The van der Waals surface area contributed by atoms with Gasteiger partial charge in [-0.25, -0.2) is 4.68 Å². The lowest BCUT2D eigenvalue weighted by atomic mass is 10.2. The molecule has 0 unspecified atom stereocenters. The van der Waals surface area contributed by atoms with Crippen molar-refractivity contribution in [1.82, 2.24) is 29.9 Å². The molecule has 168 valence electrons. The second-order valence-electron chi connectivity index (χ2n) is 7.23. The quantitative estimate of drug-likeness (QED) is 0.411. The summed E-state index contributed by atoms with van der Waals surface area (Å²) in [5, 5.41) is 12.7. The van der Waals surface area contributed by atoms with Gasteiger partial charge in [0.2, 0.25) is 5.88 Å². The maximum atomic E-state index is 12.7. The zero-order valence-corrected chi connectivity index (χ0v) is 18.7. The fraction of sp³-hybridized carbons (Fsp3) is 0.208. The standard InChI is InChI=1S/C24H24N6O3/c1-4-29(2)24(31)20-14-21(30(28-20)22-12-13-23(32-3)27-26-22)19-11-10-18(15-25-19)33-16-17-8-6-5-7-9-17/h5-15H,4,16H2,1-3H3. The number of carbonyl (C=O) groups excluding carboxylic acids is 1. The summed E-state index contributed by atoms with van der Waals surface area (Å²) in [5.74, 6) is 1.27. The third-order valence-corrected chi connectivity index (χ3v) is 5.05. The predicted octanol–water partition coefficient (Wildman–Crippen LogP) is 3.40. The molecular weight excluding hydrogens is 420 g/mol. The van der Waals surface area contributed by atoms with Gasteiger partial charge in [-0.05, 0) is 36.8 Å². The summed E-state index contributed by atoms with van der Waals surface area (Å²) in [6, 6.07) is 18.7. The molecule has 0 aliphatic heterocycles. The molecule has 0 N–H and O–H groups in total.